The highest BCUT2D eigenvalue weighted by Gasteiger charge is 2.32. The van der Waals surface area contributed by atoms with E-state index in [2.05, 4.69) is 9.97 Å². The Bertz CT molecular complexity index is 1640. The van der Waals surface area contributed by atoms with Crippen LogP contribution in [0.1, 0.15) is 23.5 Å². The Morgan fingerprint density at radius 1 is 0.909 bits per heavy atom. The van der Waals surface area contributed by atoms with E-state index in [1.165, 1.54) is 18.4 Å². The SMILES string of the molecule is O=C1C[C@@H](c2ccc3nccnc3c2)c2c(ccc3c(=O)c(-c4ccccc4F)coc23)O1. The van der Waals surface area contributed by atoms with Crippen molar-refractivity contribution in [2.24, 2.45) is 0 Å². The van der Waals surface area contributed by atoms with Gasteiger partial charge in [0.1, 0.15) is 23.4 Å². The summed E-state index contributed by atoms with van der Waals surface area (Å²) in [5, 5.41) is 0.290. The van der Waals surface area contributed by atoms with E-state index in [1.807, 2.05) is 18.2 Å². The number of carbonyl (C=O) groups excluding carboxylic acids is 1. The molecule has 7 heteroatoms. The lowest BCUT2D eigenvalue weighted by molar-refractivity contribution is -0.135. The fraction of sp³-hybridized carbons (Fsp3) is 0.0769. The summed E-state index contributed by atoms with van der Waals surface area (Å²) >= 11 is 0. The molecule has 0 radical (unpaired) electrons. The first kappa shape index (κ1) is 19.3. The molecular formula is C26H15FN2O4. The highest BCUT2D eigenvalue weighted by Crippen LogP contribution is 2.43. The number of benzene rings is 3. The van der Waals surface area contributed by atoms with E-state index < -0.39 is 11.7 Å². The third-order valence-corrected chi connectivity index (χ3v) is 5.94. The van der Waals surface area contributed by atoms with E-state index in [-0.39, 0.29) is 34.3 Å². The van der Waals surface area contributed by atoms with Crippen LogP contribution >= 0.6 is 0 Å². The van der Waals surface area contributed by atoms with Gasteiger partial charge in [-0.05, 0) is 35.9 Å². The van der Waals surface area contributed by atoms with Crippen molar-refractivity contribution in [2.45, 2.75) is 12.3 Å². The van der Waals surface area contributed by atoms with Gasteiger partial charge in [0.15, 0.2) is 0 Å². The zero-order valence-electron chi connectivity index (χ0n) is 17.1. The van der Waals surface area contributed by atoms with E-state index in [0.29, 0.717) is 22.4 Å². The molecular weight excluding hydrogens is 423 g/mol. The lowest BCUT2D eigenvalue weighted by atomic mass is 9.85. The molecule has 0 spiro atoms. The van der Waals surface area contributed by atoms with E-state index in [9.17, 15) is 14.0 Å². The first-order valence-corrected chi connectivity index (χ1v) is 10.3. The second kappa shape index (κ2) is 7.34. The molecule has 0 N–H and O–H groups in total. The summed E-state index contributed by atoms with van der Waals surface area (Å²) in [6.07, 6.45) is 4.57. The van der Waals surface area contributed by atoms with Crippen LogP contribution in [0.4, 0.5) is 4.39 Å². The maximum absolute atomic E-state index is 14.3. The van der Waals surface area contributed by atoms with Gasteiger partial charge in [0.25, 0.3) is 0 Å². The first-order chi connectivity index (χ1) is 16.1. The summed E-state index contributed by atoms with van der Waals surface area (Å²) in [6, 6.07) is 14.8. The molecule has 0 unspecified atom stereocenters. The molecule has 6 nitrogen and oxygen atoms in total. The summed E-state index contributed by atoms with van der Waals surface area (Å²) in [5.41, 5.74) is 3.12. The smallest absolute Gasteiger partial charge is 0.312 e. The molecule has 1 atom stereocenters. The van der Waals surface area contributed by atoms with Gasteiger partial charge in [-0.25, -0.2) is 4.39 Å². The number of carbonyl (C=O) groups is 1. The average Bonchev–Trinajstić information content (AvgIpc) is 2.84. The van der Waals surface area contributed by atoms with Gasteiger partial charge in [-0.15, -0.1) is 0 Å². The van der Waals surface area contributed by atoms with Gasteiger partial charge >= 0.3 is 5.97 Å². The molecule has 0 amide bonds. The Morgan fingerprint density at radius 2 is 1.73 bits per heavy atom. The summed E-state index contributed by atoms with van der Waals surface area (Å²) < 4.78 is 25.7. The molecule has 160 valence electrons. The second-order valence-corrected chi connectivity index (χ2v) is 7.85. The van der Waals surface area contributed by atoms with Crippen LogP contribution in [0.2, 0.25) is 0 Å². The number of aromatic nitrogens is 2. The third-order valence-electron chi connectivity index (χ3n) is 5.94. The Balaban J connectivity index is 1.58. The number of ether oxygens (including phenoxy) is 1. The minimum absolute atomic E-state index is 0.0800. The maximum atomic E-state index is 14.3. The molecule has 3 heterocycles. The van der Waals surface area contributed by atoms with E-state index in [4.69, 9.17) is 9.15 Å². The minimum Gasteiger partial charge on any atom is -0.463 e. The van der Waals surface area contributed by atoms with Crippen molar-refractivity contribution in [3.8, 4) is 16.9 Å². The number of nitrogens with zero attached hydrogens (tertiary/aromatic N) is 2. The molecule has 0 saturated heterocycles. The van der Waals surface area contributed by atoms with Crippen LogP contribution < -0.4 is 10.2 Å². The van der Waals surface area contributed by atoms with Gasteiger partial charge < -0.3 is 9.15 Å². The Morgan fingerprint density at radius 3 is 2.58 bits per heavy atom. The number of rotatable bonds is 2. The lowest BCUT2D eigenvalue weighted by Gasteiger charge is -2.25. The minimum atomic E-state index is -0.508. The van der Waals surface area contributed by atoms with Crippen LogP contribution in [0, 0.1) is 5.82 Å². The highest BCUT2D eigenvalue weighted by atomic mass is 19.1. The van der Waals surface area contributed by atoms with Crippen molar-refractivity contribution in [3.05, 3.63) is 100 Å². The second-order valence-electron chi connectivity index (χ2n) is 7.85. The van der Waals surface area contributed by atoms with Gasteiger partial charge in [0.2, 0.25) is 5.43 Å². The van der Waals surface area contributed by atoms with Crippen molar-refractivity contribution in [3.63, 3.8) is 0 Å². The van der Waals surface area contributed by atoms with Crippen molar-refractivity contribution in [1.29, 1.82) is 0 Å². The highest BCUT2D eigenvalue weighted by molar-refractivity contribution is 5.90. The topological polar surface area (TPSA) is 82.3 Å². The number of halogens is 1. The quantitative estimate of drug-likeness (QED) is 0.286. The average molecular weight is 438 g/mol. The summed E-state index contributed by atoms with van der Waals surface area (Å²) in [4.78, 5) is 34.3. The lowest BCUT2D eigenvalue weighted by Crippen LogP contribution is -2.22. The third kappa shape index (κ3) is 3.09. The number of hydrogen-bond donors (Lipinski definition) is 0. The van der Waals surface area contributed by atoms with Crippen LogP contribution in [-0.2, 0) is 4.79 Å². The van der Waals surface area contributed by atoms with Crippen LogP contribution in [0.3, 0.4) is 0 Å². The maximum Gasteiger partial charge on any atom is 0.312 e. The normalized spacial score (nSPS) is 15.4. The van der Waals surface area contributed by atoms with E-state index in [0.717, 1.165) is 11.1 Å². The molecule has 2 aromatic heterocycles. The van der Waals surface area contributed by atoms with Crippen molar-refractivity contribution in [1.82, 2.24) is 9.97 Å². The largest absolute Gasteiger partial charge is 0.463 e. The molecule has 0 bridgehead atoms. The fourth-order valence-corrected chi connectivity index (χ4v) is 4.40. The predicted molar refractivity (Wildman–Crippen MR) is 120 cm³/mol. The molecule has 1 aliphatic rings. The van der Waals surface area contributed by atoms with E-state index in [1.54, 1.807) is 36.7 Å². The van der Waals surface area contributed by atoms with Crippen LogP contribution in [0.5, 0.6) is 5.75 Å². The fourth-order valence-electron chi connectivity index (χ4n) is 4.40. The van der Waals surface area contributed by atoms with Gasteiger partial charge in [0.05, 0.1) is 28.4 Å². The van der Waals surface area contributed by atoms with Crippen LogP contribution in [0.15, 0.2) is 82.5 Å². The van der Waals surface area contributed by atoms with Crippen molar-refractivity contribution < 1.29 is 18.3 Å². The van der Waals surface area contributed by atoms with Crippen molar-refractivity contribution >= 4 is 28.0 Å². The molecule has 0 fully saturated rings. The van der Waals surface area contributed by atoms with Gasteiger partial charge in [-0.1, -0.05) is 24.3 Å². The summed E-state index contributed by atoms with van der Waals surface area (Å²) in [6.45, 7) is 0. The van der Waals surface area contributed by atoms with Gasteiger partial charge in [-0.2, -0.15) is 0 Å². The monoisotopic (exact) mass is 438 g/mol. The summed E-state index contributed by atoms with van der Waals surface area (Å²) in [7, 11) is 0. The molecule has 6 rings (SSSR count). The zero-order valence-corrected chi connectivity index (χ0v) is 17.1. The van der Waals surface area contributed by atoms with Crippen LogP contribution in [-0.4, -0.2) is 15.9 Å². The summed E-state index contributed by atoms with van der Waals surface area (Å²) in [5.74, 6) is -0.953. The molecule has 33 heavy (non-hydrogen) atoms. The Labute approximate surface area is 186 Å². The number of hydrogen-bond acceptors (Lipinski definition) is 6. The molecule has 5 aromatic rings. The molecule has 0 aliphatic carbocycles. The predicted octanol–water partition coefficient (Wildman–Crippen LogP) is 4.98. The van der Waals surface area contributed by atoms with Gasteiger partial charge in [-0.3, -0.25) is 19.6 Å². The van der Waals surface area contributed by atoms with Gasteiger partial charge in [0, 0.05) is 29.4 Å². The molecule has 1 aliphatic heterocycles. The van der Waals surface area contributed by atoms with Crippen molar-refractivity contribution in [2.75, 3.05) is 0 Å². The number of esters is 1. The number of fused-ring (bicyclic) bond motifs is 4. The van der Waals surface area contributed by atoms with E-state index >= 15 is 0 Å². The Hall–Kier alpha value is -4.39. The standard InChI is InChI=1S/C26H15FN2O4/c27-19-4-2-1-3-15(19)18-13-32-26-16(25(18)31)6-8-22-24(26)17(12-23(30)33-22)14-5-7-20-21(11-14)29-10-9-28-20/h1-11,13,17H,12H2/t17-/m0/s1. The zero-order chi connectivity index (χ0) is 22.5. The van der Waals surface area contributed by atoms with Crippen LogP contribution in [0.25, 0.3) is 33.1 Å². The molecule has 3 aromatic carbocycles. The molecule has 0 saturated carbocycles. The Kier molecular flexibility index (Phi) is 4.29. The first-order valence-electron chi connectivity index (χ1n) is 10.3.